The van der Waals surface area contributed by atoms with Crippen LogP contribution in [0.4, 0.5) is 0 Å². The zero-order valence-electron chi connectivity index (χ0n) is 14.5. The zero-order valence-corrected chi connectivity index (χ0v) is 15.4. The van der Waals surface area contributed by atoms with Gasteiger partial charge in [0.15, 0.2) is 4.77 Å². The number of H-pyrrole nitrogens is 1. The van der Waals surface area contributed by atoms with Crippen molar-refractivity contribution in [1.82, 2.24) is 19.7 Å². The van der Waals surface area contributed by atoms with Crippen molar-refractivity contribution in [3.05, 3.63) is 10.6 Å². The fraction of sp³-hybridized carbons (Fsp3) is 0.833. The van der Waals surface area contributed by atoms with Crippen molar-refractivity contribution in [1.29, 1.82) is 0 Å². The Morgan fingerprint density at radius 2 is 1.88 bits per heavy atom. The second kappa shape index (κ2) is 6.62. The molecule has 132 valence electrons. The number of aromatic amines is 1. The molecule has 1 aromatic heterocycles. The number of hydrogen-bond donors (Lipinski definition) is 1. The van der Waals surface area contributed by atoms with Gasteiger partial charge in [0.05, 0.1) is 0 Å². The van der Waals surface area contributed by atoms with Gasteiger partial charge in [-0.15, -0.1) is 0 Å². The minimum atomic E-state index is 0.338. The molecule has 3 aliphatic rings. The highest BCUT2D eigenvalue weighted by molar-refractivity contribution is 7.71. The number of rotatable bonds is 3. The first-order valence-corrected chi connectivity index (χ1v) is 9.96. The maximum absolute atomic E-state index is 12.8. The van der Waals surface area contributed by atoms with Gasteiger partial charge in [0.1, 0.15) is 5.82 Å². The third-order valence-electron chi connectivity index (χ3n) is 6.50. The molecule has 0 unspecified atom stereocenters. The molecule has 2 heterocycles. The van der Waals surface area contributed by atoms with Gasteiger partial charge >= 0.3 is 0 Å². The average molecular weight is 349 g/mol. The maximum Gasteiger partial charge on any atom is 0.225 e. The van der Waals surface area contributed by atoms with Crippen molar-refractivity contribution < 1.29 is 4.79 Å². The predicted octanol–water partition coefficient (Wildman–Crippen LogP) is 3.40. The van der Waals surface area contributed by atoms with E-state index in [1.165, 1.54) is 32.1 Å². The van der Waals surface area contributed by atoms with E-state index in [1.54, 1.807) is 0 Å². The van der Waals surface area contributed by atoms with E-state index >= 15 is 0 Å². The number of piperidine rings is 1. The molecule has 2 atom stereocenters. The average Bonchev–Trinajstić information content (AvgIpc) is 3.36. The summed E-state index contributed by atoms with van der Waals surface area (Å²) in [5.41, 5.74) is 0. The lowest BCUT2D eigenvalue weighted by molar-refractivity contribution is -0.134. The van der Waals surface area contributed by atoms with Crippen LogP contribution in [-0.2, 0) is 11.8 Å². The van der Waals surface area contributed by atoms with E-state index < -0.39 is 0 Å². The molecule has 6 heteroatoms. The number of hydrogen-bond acceptors (Lipinski definition) is 3. The summed E-state index contributed by atoms with van der Waals surface area (Å²) < 4.78 is 2.65. The van der Waals surface area contributed by atoms with Crippen LogP contribution in [-0.4, -0.2) is 38.7 Å². The van der Waals surface area contributed by atoms with E-state index in [9.17, 15) is 4.79 Å². The Bertz CT molecular complexity index is 652. The van der Waals surface area contributed by atoms with E-state index in [2.05, 4.69) is 15.1 Å². The van der Waals surface area contributed by atoms with Crippen LogP contribution in [0.25, 0.3) is 0 Å². The van der Waals surface area contributed by atoms with Gasteiger partial charge in [-0.25, -0.2) is 0 Å². The van der Waals surface area contributed by atoms with Crippen LogP contribution < -0.4 is 0 Å². The van der Waals surface area contributed by atoms with Gasteiger partial charge in [-0.05, 0) is 43.3 Å². The largest absolute Gasteiger partial charge is 0.342 e. The molecule has 1 saturated heterocycles. The highest BCUT2D eigenvalue weighted by Gasteiger charge is 2.49. The molecule has 0 aromatic carbocycles. The topological polar surface area (TPSA) is 53.9 Å². The monoisotopic (exact) mass is 348 g/mol. The van der Waals surface area contributed by atoms with Crippen LogP contribution in [0.1, 0.15) is 63.1 Å². The van der Waals surface area contributed by atoms with Crippen molar-refractivity contribution in [2.45, 2.75) is 57.3 Å². The molecule has 0 bridgehead atoms. The summed E-state index contributed by atoms with van der Waals surface area (Å²) in [5.74, 6) is 3.75. The molecule has 0 radical (unpaired) electrons. The number of nitrogens with one attached hydrogen (secondary N) is 1. The molecule has 24 heavy (non-hydrogen) atoms. The van der Waals surface area contributed by atoms with Gasteiger partial charge < -0.3 is 9.47 Å². The van der Waals surface area contributed by atoms with Crippen LogP contribution in [0, 0.1) is 22.5 Å². The lowest BCUT2D eigenvalue weighted by Gasteiger charge is -2.32. The van der Waals surface area contributed by atoms with E-state index in [1.807, 2.05) is 11.6 Å². The van der Waals surface area contributed by atoms with Crippen LogP contribution >= 0.6 is 12.2 Å². The first-order chi connectivity index (χ1) is 11.6. The number of nitrogens with zero attached hydrogens (tertiary/aromatic N) is 3. The van der Waals surface area contributed by atoms with Crippen LogP contribution in [0.3, 0.4) is 0 Å². The predicted molar refractivity (Wildman–Crippen MR) is 95.1 cm³/mol. The fourth-order valence-electron chi connectivity index (χ4n) is 4.90. The fourth-order valence-corrected chi connectivity index (χ4v) is 5.04. The third kappa shape index (κ3) is 3.05. The summed E-state index contributed by atoms with van der Waals surface area (Å²) in [5, 5.41) is 7.25. The van der Waals surface area contributed by atoms with Gasteiger partial charge in [0, 0.05) is 32.0 Å². The summed E-state index contributed by atoms with van der Waals surface area (Å²) in [6.45, 7) is 1.74. The Morgan fingerprint density at radius 1 is 1.17 bits per heavy atom. The van der Waals surface area contributed by atoms with E-state index in [0.29, 0.717) is 28.4 Å². The molecule has 4 rings (SSSR count). The smallest absolute Gasteiger partial charge is 0.225 e. The van der Waals surface area contributed by atoms with Gasteiger partial charge in [-0.1, -0.05) is 32.1 Å². The zero-order chi connectivity index (χ0) is 16.7. The van der Waals surface area contributed by atoms with Crippen LogP contribution in [0.2, 0.25) is 0 Å². The molecule has 2 aliphatic carbocycles. The molecule has 1 aliphatic heterocycles. The number of aromatic nitrogens is 3. The Hall–Kier alpha value is -1.17. The van der Waals surface area contributed by atoms with Crippen molar-refractivity contribution >= 4 is 18.1 Å². The molecule has 1 N–H and O–H groups in total. The summed E-state index contributed by atoms with van der Waals surface area (Å²) in [7, 11) is 1.97. The second-order valence-electron chi connectivity index (χ2n) is 7.95. The van der Waals surface area contributed by atoms with Crippen molar-refractivity contribution in [3.63, 3.8) is 0 Å². The summed E-state index contributed by atoms with van der Waals surface area (Å²) >= 11 is 5.21. The van der Waals surface area contributed by atoms with Crippen molar-refractivity contribution in [2.75, 3.05) is 13.1 Å². The number of carbonyl (C=O) groups is 1. The van der Waals surface area contributed by atoms with Gasteiger partial charge in [-0.3, -0.25) is 9.89 Å². The van der Waals surface area contributed by atoms with Gasteiger partial charge in [0.25, 0.3) is 0 Å². The first kappa shape index (κ1) is 16.3. The Morgan fingerprint density at radius 3 is 2.50 bits per heavy atom. The minimum absolute atomic E-state index is 0.338. The summed E-state index contributed by atoms with van der Waals surface area (Å²) in [6, 6.07) is 0. The van der Waals surface area contributed by atoms with Crippen molar-refractivity contribution in [3.8, 4) is 0 Å². The number of amides is 1. The SMILES string of the molecule is Cn1c(C2CCN(C(=O)[C@@H]3C[C@H]3C3CCCCC3)CC2)n[nH]c1=S. The molecular formula is C18H28N4OS. The molecule has 3 fully saturated rings. The maximum atomic E-state index is 12.8. The van der Waals surface area contributed by atoms with Crippen molar-refractivity contribution in [2.24, 2.45) is 24.8 Å². The number of likely N-dealkylation sites (tertiary alicyclic amines) is 1. The van der Waals surface area contributed by atoms with Gasteiger partial charge in [-0.2, -0.15) is 5.10 Å². The Kier molecular flexibility index (Phi) is 4.50. The highest BCUT2D eigenvalue weighted by atomic mass is 32.1. The minimum Gasteiger partial charge on any atom is -0.342 e. The summed E-state index contributed by atoms with van der Waals surface area (Å²) in [4.78, 5) is 14.9. The molecule has 1 amide bonds. The third-order valence-corrected chi connectivity index (χ3v) is 6.86. The Balaban J connectivity index is 1.31. The molecule has 0 spiro atoms. The van der Waals surface area contributed by atoms with Gasteiger partial charge in [0.2, 0.25) is 5.91 Å². The lowest BCUT2D eigenvalue weighted by atomic mass is 9.85. The van der Waals surface area contributed by atoms with Crippen LogP contribution in [0.15, 0.2) is 0 Å². The molecular weight excluding hydrogens is 320 g/mol. The molecule has 1 aromatic rings. The molecule has 2 saturated carbocycles. The van der Waals surface area contributed by atoms with Crippen LogP contribution in [0.5, 0.6) is 0 Å². The summed E-state index contributed by atoms with van der Waals surface area (Å²) in [6.07, 6.45) is 10.0. The molecule has 5 nitrogen and oxygen atoms in total. The standard InChI is InChI=1S/C18H28N4OS/c1-21-16(19-20-18(21)24)13-7-9-22(10-8-13)17(23)15-11-14(15)12-5-3-2-4-6-12/h12-15H,2-11H2,1H3,(H,20,24)/t14-,15+/m0/s1. The number of carbonyl (C=O) groups excluding carboxylic acids is 1. The highest BCUT2D eigenvalue weighted by Crippen LogP contribution is 2.50. The normalized spacial score (nSPS) is 29.0. The first-order valence-electron chi connectivity index (χ1n) is 9.55. The van der Waals surface area contributed by atoms with E-state index in [4.69, 9.17) is 12.2 Å². The van der Waals surface area contributed by atoms with E-state index in [0.717, 1.165) is 44.1 Å². The Labute approximate surface area is 148 Å². The second-order valence-corrected chi connectivity index (χ2v) is 8.34. The van der Waals surface area contributed by atoms with E-state index in [-0.39, 0.29) is 0 Å². The quantitative estimate of drug-likeness (QED) is 0.852. The lowest BCUT2D eigenvalue weighted by Crippen LogP contribution is -2.39.